The maximum Gasteiger partial charge on any atom is 0.0831 e. The minimum Gasteiger partial charge on any atom is -0.354 e. The van der Waals surface area contributed by atoms with Crippen molar-refractivity contribution in [2.45, 2.75) is 12.5 Å². The van der Waals surface area contributed by atoms with Gasteiger partial charge in [-0.15, -0.1) is 0 Å². The topological polar surface area (TPSA) is 31.4 Å². The van der Waals surface area contributed by atoms with Gasteiger partial charge in [-0.25, -0.2) is 0 Å². The molecule has 0 fully saturated rings. The van der Waals surface area contributed by atoms with Crippen molar-refractivity contribution in [2.24, 2.45) is 5.10 Å². The minimum atomic E-state index is 0.0843. The lowest BCUT2D eigenvalue weighted by Gasteiger charge is -2.24. The predicted molar refractivity (Wildman–Crippen MR) is 146 cm³/mol. The van der Waals surface area contributed by atoms with Gasteiger partial charge in [-0.05, 0) is 53.6 Å². The van der Waals surface area contributed by atoms with Crippen LogP contribution in [-0.4, -0.2) is 10.7 Å². The number of aromatic nitrogens is 1. The fraction of sp³-hybridized carbons (Fsp3) is 0.0690. The van der Waals surface area contributed by atoms with Gasteiger partial charge in [-0.2, -0.15) is 5.10 Å². The number of aromatic amines is 1. The zero-order valence-electron chi connectivity index (χ0n) is 18.2. The van der Waals surface area contributed by atoms with Gasteiger partial charge < -0.3 is 4.98 Å². The lowest BCUT2D eigenvalue weighted by atomic mass is 9.95. The number of hydrazone groups is 1. The van der Waals surface area contributed by atoms with E-state index in [9.17, 15) is 0 Å². The summed E-state index contributed by atoms with van der Waals surface area (Å²) >= 11 is 9.76. The first kappa shape index (κ1) is 21.2. The number of nitrogens with zero attached hydrogens (tertiary/aromatic N) is 2. The van der Waals surface area contributed by atoms with E-state index in [1.54, 1.807) is 0 Å². The van der Waals surface area contributed by atoms with Gasteiger partial charge in [0.2, 0.25) is 0 Å². The molecule has 0 amide bonds. The summed E-state index contributed by atoms with van der Waals surface area (Å²) in [5.41, 5.74) is 7.84. The predicted octanol–water partition coefficient (Wildman–Crippen LogP) is 8.61. The fourth-order valence-corrected chi connectivity index (χ4v) is 5.09. The summed E-state index contributed by atoms with van der Waals surface area (Å²) < 4.78 is 1.06. The number of para-hydroxylation sites is 2. The van der Waals surface area contributed by atoms with Gasteiger partial charge in [0.05, 0.1) is 23.1 Å². The zero-order chi connectivity index (χ0) is 23.1. The van der Waals surface area contributed by atoms with E-state index < -0.39 is 0 Å². The quantitative estimate of drug-likeness (QED) is 0.250. The van der Waals surface area contributed by atoms with E-state index in [2.05, 4.69) is 111 Å². The number of hydrogen-bond acceptors (Lipinski definition) is 2. The molecule has 0 bridgehead atoms. The highest BCUT2D eigenvalue weighted by Crippen LogP contribution is 2.41. The second-order valence-corrected chi connectivity index (χ2v) is 9.78. The van der Waals surface area contributed by atoms with Crippen molar-refractivity contribution in [3.05, 3.63) is 124 Å². The molecule has 3 nitrogen and oxygen atoms in total. The van der Waals surface area contributed by atoms with Crippen molar-refractivity contribution in [3.8, 4) is 11.3 Å². The normalized spacial score (nSPS) is 15.6. The summed E-state index contributed by atoms with van der Waals surface area (Å²) in [6, 6.07) is 35.5. The molecule has 0 saturated heterocycles. The van der Waals surface area contributed by atoms with Crippen molar-refractivity contribution < 1.29 is 0 Å². The van der Waals surface area contributed by atoms with Gasteiger partial charge >= 0.3 is 0 Å². The van der Waals surface area contributed by atoms with Crippen LogP contribution in [0.3, 0.4) is 0 Å². The fourth-order valence-electron chi connectivity index (χ4n) is 4.70. The molecule has 5 aromatic rings. The van der Waals surface area contributed by atoms with E-state index in [0.717, 1.165) is 49.7 Å². The zero-order valence-corrected chi connectivity index (χ0v) is 20.6. The molecule has 1 atom stereocenters. The largest absolute Gasteiger partial charge is 0.354 e. The molecule has 1 aliphatic heterocycles. The smallest absolute Gasteiger partial charge is 0.0831 e. The molecule has 1 unspecified atom stereocenters. The Morgan fingerprint density at radius 3 is 2.29 bits per heavy atom. The lowest BCUT2D eigenvalue weighted by Crippen LogP contribution is -2.18. The summed E-state index contributed by atoms with van der Waals surface area (Å²) in [7, 11) is 0. The van der Waals surface area contributed by atoms with Gasteiger partial charge in [0.25, 0.3) is 0 Å². The second kappa shape index (κ2) is 8.79. The van der Waals surface area contributed by atoms with Crippen molar-refractivity contribution in [1.82, 2.24) is 4.98 Å². The summed E-state index contributed by atoms with van der Waals surface area (Å²) in [6.45, 7) is 0. The van der Waals surface area contributed by atoms with Gasteiger partial charge in [0.15, 0.2) is 0 Å². The molecule has 5 heteroatoms. The number of benzene rings is 4. The Morgan fingerprint density at radius 2 is 1.53 bits per heavy atom. The van der Waals surface area contributed by atoms with Crippen LogP contribution in [0.15, 0.2) is 113 Å². The number of nitrogens with one attached hydrogen (secondary N) is 1. The van der Waals surface area contributed by atoms with Gasteiger partial charge in [-0.3, -0.25) is 5.01 Å². The van der Waals surface area contributed by atoms with Crippen molar-refractivity contribution in [2.75, 3.05) is 5.01 Å². The Morgan fingerprint density at radius 1 is 0.824 bits per heavy atom. The number of anilines is 1. The maximum atomic E-state index is 6.20. The average molecular weight is 527 g/mol. The number of halogens is 2. The molecule has 1 aliphatic rings. The standard InChI is InChI=1S/C29H21BrClN3/c30-21-14-10-20(11-15-21)29-28(24-8-4-5-9-25(24)32-29)26-18-27(19-12-16-22(31)17-13-19)34(33-26)23-6-2-1-3-7-23/h1-17,27,32H,18H2. The molecule has 1 N–H and O–H groups in total. The average Bonchev–Trinajstić information content (AvgIpc) is 3.47. The van der Waals surface area contributed by atoms with Gasteiger partial charge in [-0.1, -0.05) is 88.2 Å². The van der Waals surface area contributed by atoms with E-state index in [1.807, 2.05) is 18.2 Å². The number of hydrogen-bond donors (Lipinski definition) is 1. The van der Waals surface area contributed by atoms with E-state index in [-0.39, 0.29) is 6.04 Å². The molecule has 34 heavy (non-hydrogen) atoms. The Bertz CT molecular complexity index is 1490. The summed E-state index contributed by atoms with van der Waals surface area (Å²) in [6.07, 6.45) is 0.794. The van der Waals surface area contributed by atoms with Crippen LogP contribution in [-0.2, 0) is 0 Å². The van der Waals surface area contributed by atoms with Crippen LogP contribution in [0.25, 0.3) is 22.2 Å². The molecule has 0 aliphatic carbocycles. The Hall–Kier alpha value is -3.34. The molecule has 2 heterocycles. The molecule has 166 valence electrons. The molecule has 6 rings (SSSR count). The molecule has 0 saturated carbocycles. The molecule has 0 radical (unpaired) electrons. The number of fused-ring (bicyclic) bond motifs is 1. The third-order valence-electron chi connectivity index (χ3n) is 6.31. The van der Waals surface area contributed by atoms with Crippen LogP contribution in [0.1, 0.15) is 23.6 Å². The van der Waals surface area contributed by atoms with Crippen LogP contribution in [0.4, 0.5) is 5.69 Å². The van der Waals surface area contributed by atoms with Crippen LogP contribution >= 0.6 is 27.5 Å². The van der Waals surface area contributed by atoms with E-state index >= 15 is 0 Å². The third kappa shape index (κ3) is 3.83. The second-order valence-electron chi connectivity index (χ2n) is 8.43. The first-order valence-electron chi connectivity index (χ1n) is 11.2. The van der Waals surface area contributed by atoms with Crippen molar-refractivity contribution in [3.63, 3.8) is 0 Å². The van der Waals surface area contributed by atoms with Crippen LogP contribution in [0, 0.1) is 0 Å². The maximum absolute atomic E-state index is 6.20. The Labute approximate surface area is 211 Å². The lowest BCUT2D eigenvalue weighted by molar-refractivity contribution is 0.709. The molecule has 1 aromatic heterocycles. The summed E-state index contributed by atoms with van der Waals surface area (Å²) in [5.74, 6) is 0. The first-order chi connectivity index (χ1) is 16.7. The van der Waals surface area contributed by atoms with Gasteiger partial charge in [0.1, 0.15) is 0 Å². The van der Waals surface area contributed by atoms with Crippen molar-refractivity contribution >= 4 is 49.8 Å². The third-order valence-corrected chi connectivity index (χ3v) is 7.09. The number of H-pyrrole nitrogens is 1. The van der Waals surface area contributed by atoms with E-state index in [1.165, 1.54) is 10.9 Å². The highest BCUT2D eigenvalue weighted by Gasteiger charge is 2.32. The Kier molecular flexibility index (Phi) is 5.48. The minimum absolute atomic E-state index is 0.0843. The van der Waals surface area contributed by atoms with E-state index in [0.29, 0.717) is 0 Å². The molecule has 4 aromatic carbocycles. The highest BCUT2D eigenvalue weighted by atomic mass is 79.9. The monoisotopic (exact) mass is 525 g/mol. The SMILES string of the molecule is Clc1ccc(C2CC(c3c(-c4ccc(Br)cc4)[nH]c4ccccc34)=NN2c2ccccc2)cc1. The van der Waals surface area contributed by atoms with Crippen molar-refractivity contribution in [1.29, 1.82) is 0 Å². The molecule has 0 spiro atoms. The molecular weight excluding hydrogens is 506 g/mol. The Balaban J connectivity index is 1.52. The molecular formula is C29H21BrClN3. The number of rotatable bonds is 4. The highest BCUT2D eigenvalue weighted by molar-refractivity contribution is 9.10. The van der Waals surface area contributed by atoms with Gasteiger partial charge in [0, 0.05) is 32.4 Å². The van der Waals surface area contributed by atoms with Crippen LogP contribution in [0.5, 0.6) is 0 Å². The van der Waals surface area contributed by atoms with Crippen LogP contribution < -0.4 is 5.01 Å². The van der Waals surface area contributed by atoms with E-state index in [4.69, 9.17) is 16.7 Å². The van der Waals surface area contributed by atoms with Crippen LogP contribution in [0.2, 0.25) is 5.02 Å². The first-order valence-corrected chi connectivity index (χ1v) is 12.4. The summed E-state index contributed by atoms with van der Waals surface area (Å²) in [4.78, 5) is 3.66. The summed E-state index contributed by atoms with van der Waals surface area (Å²) in [5, 5.41) is 9.29.